The van der Waals surface area contributed by atoms with Crippen LogP contribution in [-0.2, 0) is 9.47 Å². The van der Waals surface area contributed by atoms with E-state index in [9.17, 15) is 0 Å². The summed E-state index contributed by atoms with van der Waals surface area (Å²) in [6, 6.07) is 0. The molecule has 0 aromatic rings. The summed E-state index contributed by atoms with van der Waals surface area (Å²) in [6.07, 6.45) is 0.339. The molecule has 1 aliphatic heterocycles. The Kier molecular flexibility index (Phi) is 6.84. The number of hydrogen-bond donors (Lipinski definition) is 0. The number of rotatable bonds is 6. The molecule has 96 valence electrons. The van der Waals surface area contributed by atoms with Gasteiger partial charge in [-0.1, -0.05) is 15.9 Å². The summed E-state index contributed by atoms with van der Waals surface area (Å²) in [5, 5.41) is 0. The van der Waals surface area contributed by atoms with Gasteiger partial charge in [-0.2, -0.15) is 0 Å². The van der Waals surface area contributed by atoms with Gasteiger partial charge >= 0.3 is 0 Å². The van der Waals surface area contributed by atoms with Gasteiger partial charge in [-0.3, -0.25) is 0 Å². The fourth-order valence-electron chi connectivity index (χ4n) is 1.97. The molecule has 0 aromatic heterocycles. The Balaban J connectivity index is 2.19. The minimum absolute atomic E-state index is 0.339. The van der Waals surface area contributed by atoms with Crippen LogP contribution in [-0.4, -0.2) is 81.3 Å². The summed E-state index contributed by atoms with van der Waals surface area (Å²) in [7, 11) is 6.00. The summed E-state index contributed by atoms with van der Waals surface area (Å²) in [4.78, 5) is 5.01. The van der Waals surface area contributed by atoms with Crippen LogP contribution in [0.15, 0.2) is 0 Å². The second kappa shape index (κ2) is 7.61. The highest BCUT2D eigenvalue weighted by Gasteiger charge is 2.20. The van der Waals surface area contributed by atoms with Crippen LogP contribution in [0.3, 0.4) is 0 Å². The van der Waals surface area contributed by atoms with Crippen molar-refractivity contribution >= 4 is 15.9 Å². The van der Waals surface area contributed by atoms with E-state index in [0.717, 1.165) is 39.4 Å². The molecule has 4 nitrogen and oxygen atoms in total. The maximum Gasteiger partial charge on any atom is 0.0829 e. The average molecular weight is 295 g/mol. The Bertz CT molecular complexity index is 195. The SMILES string of the molecule is COCC(Br)CN(C)CC1CN(C)CCO1. The van der Waals surface area contributed by atoms with Crippen molar-refractivity contribution in [3.63, 3.8) is 0 Å². The predicted molar refractivity (Wildman–Crippen MR) is 69.3 cm³/mol. The van der Waals surface area contributed by atoms with Gasteiger partial charge in [-0.25, -0.2) is 0 Å². The lowest BCUT2D eigenvalue weighted by atomic mass is 10.2. The zero-order valence-corrected chi connectivity index (χ0v) is 12.1. The molecule has 0 aliphatic carbocycles. The van der Waals surface area contributed by atoms with Gasteiger partial charge in [-0.15, -0.1) is 0 Å². The molecular formula is C11H23BrN2O2. The van der Waals surface area contributed by atoms with Crippen molar-refractivity contribution in [2.75, 3.05) is 60.6 Å². The van der Waals surface area contributed by atoms with Crippen molar-refractivity contribution in [2.24, 2.45) is 0 Å². The third kappa shape index (κ3) is 5.59. The van der Waals surface area contributed by atoms with Gasteiger partial charge in [0.05, 0.1) is 24.1 Å². The first-order chi connectivity index (χ1) is 7.61. The zero-order valence-electron chi connectivity index (χ0n) is 10.5. The lowest BCUT2D eigenvalue weighted by Gasteiger charge is -2.33. The number of likely N-dealkylation sites (N-methyl/N-ethyl adjacent to an activating group) is 2. The van der Waals surface area contributed by atoms with Crippen LogP contribution in [0.5, 0.6) is 0 Å². The maximum atomic E-state index is 5.73. The molecule has 0 N–H and O–H groups in total. The van der Waals surface area contributed by atoms with Crippen LogP contribution in [0.4, 0.5) is 0 Å². The molecule has 1 heterocycles. The van der Waals surface area contributed by atoms with Gasteiger partial charge in [0.15, 0.2) is 0 Å². The average Bonchev–Trinajstić information content (AvgIpc) is 2.17. The van der Waals surface area contributed by atoms with Crippen LogP contribution in [0.1, 0.15) is 0 Å². The van der Waals surface area contributed by atoms with E-state index in [1.807, 2.05) is 0 Å². The molecule has 1 aliphatic rings. The van der Waals surface area contributed by atoms with Crippen molar-refractivity contribution in [3.05, 3.63) is 0 Å². The number of nitrogens with zero attached hydrogens (tertiary/aromatic N) is 2. The third-order valence-electron chi connectivity index (χ3n) is 2.71. The van der Waals surface area contributed by atoms with E-state index >= 15 is 0 Å². The van der Waals surface area contributed by atoms with Gasteiger partial charge in [0, 0.05) is 33.3 Å². The molecule has 0 radical (unpaired) electrons. The first-order valence-electron chi connectivity index (χ1n) is 5.73. The molecule has 0 aromatic carbocycles. The first kappa shape index (κ1) is 14.4. The van der Waals surface area contributed by atoms with Gasteiger partial charge in [0.25, 0.3) is 0 Å². The molecule has 0 bridgehead atoms. The summed E-state index contributed by atoms with van der Waals surface area (Å²) < 4.78 is 10.8. The lowest BCUT2D eigenvalue weighted by molar-refractivity contribution is -0.0327. The van der Waals surface area contributed by atoms with Gasteiger partial charge in [0.1, 0.15) is 0 Å². The molecule has 1 saturated heterocycles. The largest absolute Gasteiger partial charge is 0.383 e. The standard InChI is InChI=1S/C11H23BrN2O2/c1-13-4-5-16-11(7-13)8-14(2)6-10(12)9-15-3/h10-11H,4-9H2,1-3H3. The Morgan fingerprint density at radius 2 is 2.38 bits per heavy atom. The number of morpholine rings is 1. The molecule has 1 rings (SSSR count). The number of alkyl halides is 1. The van der Waals surface area contributed by atoms with Crippen LogP contribution in [0.25, 0.3) is 0 Å². The topological polar surface area (TPSA) is 24.9 Å². The molecule has 1 fully saturated rings. The Morgan fingerprint density at radius 3 is 3.00 bits per heavy atom. The third-order valence-corrected chi connectivity index (χ3v) is 3.27. The number of methoxy groups -OCH3 is 1. The molecule has 0 saturated carbocycles. The highest BCUT2D eigenvalue weighted by Crippen LogP contribution is 2.07. The Hall–Kier alpha value is 0.320. The highest BCUT2D eigenvalue weighted by molar-refractivity contribution is 9.09. The van der Waals surface area contributed by atoms with E-state index < -0.39 is 0 Å². The van der Waals surface area contributed by atoms with Crippen molar-refractivity contribution < 1.29 is 9.47 Å². The molecule has 5 heteroatoms. The van der Waals surface area contributed by atoms with Crippen molar-refractivity contribution in [1.82, 2.24) is 9.80 Å². The second-order valence-corrected chi connectivity index (χ2v) is 5.82. The minimum Gasteiger partial charge on any atom is -0.383 e. The van der Waals surface area contributed by atoms with Crippen LogP contribution < -0.4 is 0 Å². The summed E-state index contributed by atoms with van der Waals surface area (Å²) in [5.74, 6) is 0. The van der Waals surface area contributed by atoms with E-state index in [-0.39, 0.29) is 0 Å². The van der Waals surface area contributed by atoms with Crippen molar-refractivity contribution in [1.29, 1.82) is 0 Å². The molecule has 0 spiro atoms. The monoisotopic (exact) mass is 294 g/mol. The van der Waals surface area contributed by atoms with E-state index in [0.29, 0.717) is 10.9 Å². The van der Waals surface area contributed by atoms with Crippen molar-refractivity contribution in [3.8, 4) is 0 Å². The van der Waals surface area contributed by atoms with Crippen LogP contribution in [0.2, 0.25) is 0 Å². The fraction of sp³-hybridized carbons (Fsp3) is 1.00. The molecule has 2 atom stereocenters. The summed E-state index contributed by atoms with van der Waals surface area (Å²) in [5.41, 5.74) is 0. The van der Waals surface area contributed by atoms with Crippen LogP contribution in [0, 0.1) is 0 Å². The summed E-state index contributed by atoms with van der Waals surface area (Å²) >= 11 is 3.60. The van der Waals surface area contributed by atoms with E-state index in [2.05, 4.69) is 39.8 Å². The van der Waals surface area contributed by atoms with E-state index in [1.165, 1.54) is 0 Å². The molecule has 0 amide bonds. The Morgan fingerprint density at radius 1 is 1.62 bits per heavy atom. The predicted octanol–water partition coefficient (Wildman–Crippen LogP) is 0.659. The molecular weight excluding hydrogens is 272 g/mol. The quantitative estimate of drug-likeness (QED) is 0.672. The fourth-order valence-corrected chi connectivity index (χ4v) is 2.73. The van der Waals surface area contributed by atoms with Crippen LogP contribution >= 0.6 is 15.9 Å². The number of ether oxygens (including phenoxy) is 2. The first-order valence-corrected chi connectivity index (χ1v) is 6.65. The van der Waals surface area contributed by atoms with Gasteiger partial charge < -0.3 is 19.3 Å². The Labute approximate surface area is 107 Å². The second-order valence-electron chi connectivity index (χ2n) is 4.53. The highest BCUT2D eigenvalue weighted by atomic mass is 79.9. The number of hydrogen-bond acceptors (Lipinski definition) is 4. The molecule has 2 unspecified atom stereocenters. The normalized spacial score (nSPS) is 24.9. The van der Waals surface area contributed by atoms with E-state index in [4.69, 9.17) is 9.47 Å². The van der Waals surface area contributed by atoms with Gasteiger partial charge in [-0.05, 0) is 14.1 Å². The van der Waals surface area contributed by atoms with E-state index in [1.54, 1.807) is 7.11 Å². The summed E-state index contributed by atoms with van der Waals surface area (Å²) in [6.45, 7) is 5.64. The number of halogens is 1. The van der Waals surface area contributed by atoms with Crippen molar-refractivity contribution in [2.45, 2.75) is 10.9 Å². The molecule has 16 heavy (non-hydrogen) atoms. The van der Waals surface area contributed by atoms with Gasteiger partial charge in [0.2, 0.25) is 0 Å². The lowest BCUT2D eigenvalue weighted by Crippen LogP contribution is -2.46. The maximum absolute atomic E-state index is 5.73. The minimum atomic E-state index is 0.339. The smallest absolute Gasteiger partial charge is 0.0829 e. The zero-order chi connectivity index (χ0) is 12.0.